The number of aliphatic hydroxyl groups excluding tert-OH is 1. The van der Waals surface area contributed by atoms with Crippen LogP contribution in [0.5, 0.6) is 0 Å². The maximum Gasteiger partial charge on any atom is 0.242 e. The van der Waals surface area contributed by atoms with Crippen LogP contribution in [0, 0.1) is 5.92 Å². The first kappa shape index (κ1) is 17.2. The highest BCUT2D eigenvalue weighted by molar-refractivity contribution is 7.89. The normalized spacial score (nSPS) is 12.6. The van der Waals surface area contributed by atoms with Crippen molar-refractivity contribution >= 4 is 10.0 Å². The van der Waals surface area contributed by atoms with E-state index in [9.17, 15) is 13.5 Å². The predicted molar refractivity (Wildman–Crippen MR) is 80.0 cm³/mol. The molecule has 0 atom stereocenters. The molecule has 0 fully saturated rings. The number of aliphatic hydroxyl groups is 1. The molecule has 0 aliphatic rings. The Balaban J connectivity index is 2.92. The average molecular weight is 302 g/mol. The Morgan fingerprint density at radius 3 is 2.30 bits per heavy atom. The number of hydrogen-bond donors (Lipinski definition) is 2. The van der Waals surface area contributed by atoms with E-state index in [-0.39, 0.29) is 17.5 Å². The van der Waals surface area contributed by atoms with Crippen LogP contribution in [0.3, 0.4) is 0 Å². The molecule has 0 saturated carbocycles. The number of nitrogens with one attached hydrogen (secondary N) is 1. The zero-order valence-electron chi connectivity index (χ0n) is 12.8. The second kappa shape index (κ2) is 7.24. The quantitative estimate of drug-likeness (QED) is 0.774. The first-order valence-corrected chi connectivity index (χ1v) is 8.65. The van der Waals surface area contributed by atoms with E-state index in [4.69, 9.17) is 0 Å². The molecule has 0 unspecified atom stereocenters. The van der Waals surface area contributed by atoms with Gasteiger partial charge in [0.15, 0.2) is 0 Å². The molecule has 0 aliphatic carbocycles. The largest absolute Gasteiger partial charge is 0.390 e. The Labute approximate surface area is 122 Å². The molecule has 1 heterocycles. The second-order valence-corrected chi connectivity index (χ2v) is 7.13. The molecule has 0 bridgehead atoms. The predicted octanol–water partition coefficient (Wildman–Crippen LogP) is 2.28. The lowest BCUT2D eigenvalue weighted by Crippen LogP contribution is -2.28. The highest BCUT2D eigenvalue weighted by atomic mass is 32.2. The van der Waals surface area contributed by atoms with Crippen LogP contribution < -0.4 is 4.72 Å². The molecule has 1 rings (SSSR count). The highest BCUT2D eigenvalue weighted by Crippen LogP contribution is 2.19. The first-order valence-electron chi connectivity index (χ1n) is 7.16. The summed E-state index contributed by atoms with van der Waals surface area (Å²) in [5.74, 6) is 0.356. The SMILES string of the molecule is CCC(CC)CNS(=O)(=O)c1cc(CO)n(C(C)C)c1. The maximum absolute atomic E-state index is 12.3. The van der Waals surface area contributed by atoms with Gasteiger partial charge >= 0.3 is 0 Å². The molecular weight excluding hydrogens is 276 g/mol. The molecule has 0 aliphatic heterocycles. The van der Waals surface area contributed by atoms with E-state index in [0.29, 0.717) is 18.2 Å². The second-order valence-electron chi connectivity index (χ2n) is 5.36. The number of rotatable bonds is 8. The molecule has 1 aromatic rings. The number of sulfonamides is 1. The minimum Gasteiger partial charge on any atom is -0.390 e. The van der Waals surface area contributed by atoms with E-state index in [1.54, 1.807) is 10.8 Å². The van der Waals surface area contributed by atoms with E-state index in [0.717, 1.165) is 12.8 Å². The Bertz CT molecular complexity index is 517. The average Bonchev–Trinajstić information content (AvgIpc) is 2.85. The molecule has 0 amide bonds. The van der Waals surface area contributed by atoms with E-state index < -0.39 is 10.0 Å². The third-order valence-electron chi connectivity index (χ3n) is 3.65. The number of aromatic nitrogens is 1. The van der Waals surface area contributed by atoms with Crippen LogP contribution >= 0.6 is 0 Å². The molecule has 0 saturated heterocycles. The third-order valence-corrected chi connectivity index (χ3v) is 5.04. The first-order chi connectivity index (χ1) is 9.35. The summed E-state index contributed by atoms with van der Waals surface area (Å²) in [6.07, 6.45) is 3.49. The van der Waals surface area contributed by atoms with Gasteiger partial charge in [-0.3, -0.25) is 0 Å². The van der Waals surface area contributed by atoms with Crippen molar-refractivity contribution in [1.82, 2.24) is 9.29 Å². The fraction of sp³-hybridized carbons (Fsp3) is 0.714. The lowest BCUT2D eigenvalue weighted by molar-refractivity contribution is 0.268. The monoisotopic (exact) mass is 302 g/mol. The van der Waals surface area contributed by atoms with Crippen LogP contribution in [0.1, 0.15) is 52.3 Å². The van der Waals surface area contributed by atoms with Gasteiger partial charge in [0.25, 0.3) is 0 Å². The molecule has 1 aromatic heterocycles. The van der Waals surface area contributed by atoms with Crippen LogP contribution in [0.15, 0.2) is 17.2 Å². The maximum atomic E-state index is 12.3. The van der Waals surface area contributed by atoms with Gasteiger partial charge in [-0.2, -0.15) is 0 Å². The summed E-state index contributed by atoms with van der Waals surface area (Å²) >= 11 is 0. The molecule has 6 heteroatoms. The lowest BCUT2D eigenvalue weighted by Gasteiger charge is -2.13. The third kappa shape index (κ3) is 4.07. The van der Waals surface area contributed by atoms with E-state index in [1.807, 2.05) is 13.8 Å². The smallest absolute Gasteiger partial charge is 0.242 e. The summed E-state index contributed by atoms with van der Waals surface area (Å²) in [6, 6.07) is 1.65. The van der Waals surface area contributed by atoms with Crippen LogP contribution in [-0.4, -0.2) is 24.6 Å². The van der Waals surface area contributed by atoms with Crippen molar-refractivity contribution in [3.8, 4) is 0 Å². The van der Waals surface area contributed by atoms with Gasteiger partial charge in [0.1, 0.15) is 0 Å². The van der Waals surface area contributed by atoms with Crippen LogP contribution in [0.25, 0.3) is 0 Å². The summed E-state index contributed by atoms with van der Waals surface area (Å²) in [5.41, 5.74) is 0.614. The van der Waals surface area contributed by atoms with E-state index in [2.05, 4.69) is 18.6 Å². The fourth-order valence-corrected chi connectivity index (χ4v) is 3.30. The standard InChI is InChI=1S/C14H26N2O3S/c1-5-12(6-2)8-15-20(18,19)14-7-13(10-17)16(9-14)11(3)4/h7,9,11-12,15,17H,5-6,8,10H2,1-4H3. The molecule has 20 heavy (non-hydrogen) atoms. The van der Waals surface area contributed by atoms with E-state index >= 15 is 0 Å². The molecule has 0 aromatic carbocycles. The Morgan fingerprint density at radius 1 is 1.30 bits per heavy atom. The summed E-state index contributed by atoms with van der Waals surface area (Å²) in [4.78, 5) is 0.223. The summed E-state index contributed by atoms with van der Waals surface area (Å²) in [5, 5.41) is 9.30. The van der Waals surface area contributed by atoms with Gasteiger partial charge in [0, 0.05) is 24.5 Å². The van der Waals surface area contributed by atoms with E-state index in [1.165, 1.54) is 6.07 Å². The van der Waals surface area contributed by atoms with Gasteiger partial charge in [0.05, 0.1) is 11.5 Å². The van der Waals surface area contributed by atoms with Crippen LogP contribution in [-0.2, 0) is 16.6 Å². The summed E-state index contributed by atoms with van der Waals surface area (Å²) in [6.45, 7) is 8.31. The van der Waals surface area contributed by atoms with Crippen LogP contribution in [0.4, 0.5) is 0 Å². The Morgan fingerprint density at radius 2 is 1.90 bits per heavy atom. The topological polar surface area (TPSA) is 71.3 Å². The van der Waals surface area contributed by atoms with Gasteiger partial charge < -0.3 is 9.67 Å². The molecular formula is C14H26N2O3S. The van der Waals surface area contributed by atoms with Crippen molar-refractivity contribution in [3.63, 3.8) is 0 Å². The van der Waals surface area contributed by atoms with Crippen molar-refractivity contribution in [1.29, 1.82) is 0 Å². The Kier molecular flexibility index (Phi) is 6.23. The van der Waals surface area contributed by atoms with Gasteiger partial charge in [-0.05, 0) is 25.8 Å². The van der Waals surface area contributed by atoms with Crippen LogP contribution in [0.2, 0.25) is 0 Å². The van der Waals surface area contributed by atoms with Crippen molar-refractivity contribution in [3.05, 3.63) is 18.0 Å². The van der Waals surface area contributed by atoms with Gasteiger partial charge in [-0.1, -0.05) is 26.7 Å². The zero-order valence-corrected chi connectivity index (χ0v) is 13.6. The minimum atomic E-state index is -3.50. The van der Waals surface area contributed by atoms with Gasteiger partial charge in [0.2, 0.25) is 10.0 Å². The summed E-state index contributed by atoms with van der Waals surface area (Å²) in [7, 11) is -3.50. The van der Waals surface area contributed by atoms with Crippen molar-refractivity contribution in [2.45, 2.75) is 58.1 Å². The molecule has 116 valence electrons. The molecule has 0 radical (unpaired) electrons. The zero-order chi connectivity index (χ0) is 15.3. The molecule has 0 spiro atoms. The van der Waals surface area contributed by atoms with Crippen molar-refractivity contribution < 1.29 is 13.5 Å². The van der Waals surface area contributed by atoms with Gasteiger partial charge in [-0.15, -0.1) is 0 Å². The number of hydrogen-bond acceptors (Lipinski definition) is 3. The summed E-state index contributed by atoms with van der Waals surface area (Å²) < 4.78 is 29.0. The highest BCUT2D eigenvalue weighted by Gasteiger charge is 2.20. The van der Waals surface area contributed by atoms with Gasteiger partial charge in [-0.25, -0.2) is 13.1 Å². The lowest BCUT2D eigenvalue weighted by atomic mass is 10.0. The van der Waals surface area contributed by atoms with Crippen molar-refractivity contribution in [2.75, 3.05) is 6.54 Å². The Hall–Kier alpha value is -0.850. The number of nitrogens with zero attached hydrogens (tertiary/aromatic N) is 1. The molecule has 2 N–H and O–H groups in total. The minimum absolute atomic E-state index is 0.111. The fourth-order valence-electron chi connectivity index (χ4n) is 2.14. The van der Waals surface area contributed by atoms with Crippen molar-refractivity contribution in [2.24, 2.45) is 5.92 Å². The molecule has 5 nitrogen and oxygen atoms in total.